The van der Waals surface area contributed by atoms with Gasteiger partial charge in [-0.05, 0) is 48.2 Å². The first-order chi connectivity index (χ1) is 15.4. The van der Waals surface area contributed by atoms with Crippen molar-refractivity contribution < 1.29 is 19.8 Å². The van der Waals surface area contributed by atoms with E-state index in [4.69, 9.17) is 11.6 Å². The predicted molar refractivity (Wildman–Crippen MR) is 120 cm³/mol. The molecule has 1 aromatic heterocycles. The summed E-state index contributed by atoms with van der Waals surface area (Å²) in [5, 5.41) is 24.3. The zero-order valence-electron chi connectivity index (χ0n) is 17.3. The number of rotatable bonds is 3. The van der Waals surface area contributed by atoms with Gasteiger partial charge in [-0.25, -0.2) is 0 Å². The standard InChI is InChI=1S/C24H24ClN3O4/c25-16-5-6-18-15(7-16)10-20(26-18)23(31)27-19-9-14-4-2-1-3-13(14)8-17(19)24(32)28-11-21(29)22(30)12-28/h1-7,10,17,19,21-22,26,29-30H,8-9,11-12H2,(H,27,31)/t17-,19?,21-,22+/m1/s1. The quantitative estimate of drug-likeness (QED) is 0.486. The normalized spacial score (nSPS) is 25.0. The minimum Gasteiger partial charge on any atom is -0.388 e. The second-order valence-corrected chi connectivity index (χ2v) is 9.09. The van der Waals surface area contributed by atoms with Gasteiger partial charge in [-0.15, -0.1) is 0 Å². The first-order valence-electron chi connectivity index (χ1n) is 10.7. The second-order valence-electron chi connectivity index (χ2n) is 8.66. The van der Waals surface area contributed by atoms with Crippen molar-refractivity contribution in [3.63, 3.8) is 0 Å². The number of aliphatic hydroxyl groups is 2. The number of hydrogen-bond donors (Lipinski definition) is 4. The fourth-order valence-corrected chi connectivity index (χ4v) is 4.96. The molecule has 4 atom stereocenters. The molecule has 2 heterocycles. The Kier molecular flexibility index (Phi) is 5.41. The van der Waals surface area contributed by atoms with Gasteiger partial charge in [0.2, 0.25) is 5.91 Å². The van der Waals surface area contributed by atoms with Crippen molar-refractivity contribution >= 4 is 34.3 Å². The molecule has 0 radical (unpaired) electrons. The van der Waals surface area contributed by atoms with E-state index in [0.717, 1.165) is 22.0 Å². The Hall–Kier alpha value is -2.87. The molecule has 8 heteroatoms. The van der Waals surface area contributed by atoms with Crippen LogP contribution < -0.4 is 5.32 Å². The lowest BCUT2D eigenvalue weighted by Crippen LogP contribution is -2.51. The van der Waals surface area contributed by atoms with Crippen molar-refractivity contribution in [2.75, 3.05) is 13.1 Å². The summed E-state index contributed by atoms with van der Waals surface area (Å²) < 4.78 is 0. The number of H-pyrrole nitrogens is 1. The Labute approximate surface area is 190 Å². The SMILES string of the molecule is O=C(NC1Cc2ccccc2C[C@H]1C(=O)N1C[C@@H](O)[C@@H](O)C1)c1cc2cc(Cl)ccc2[nH]1. The number of hydrogen-bond acceptors (Lipinski definition) is 4. The number of aliphatic hydroxyl groups excluding tert-OH is 2. The minimum atomic E-state index is -0.943. The third kappa shape index (κ3) is 3.88. The minimum absolute atomic E-state index is 0.0988. The summed E-state index contributed by atoms with van der Waals surface area (Å²) >= 11 is 6.06. The molecule has 2 amide bonds. The number of carbonyl (C=O) groups excluding carboxylic acids is 2. The topological polar surface area (TPSA) is 106 Å². The number of aromatic nitrogens is 1. The van der Waals surface area contributed by atoms with Gasteiger partial charge in [0.05, 0.1) is 18.1 Å². The van der Waals surface area contributed by atoms with Crippen molar-refractivity contribution in [1.82, 2.24) is 15.2 Å². The molecule has 2 aliphatic rings. The van der Waals surface area contributed by atoms with Crippen LogP contribution in [0.4, 0.5) is 0 Å². The van der Waals surface area contributed by atoms with Crippen molar-refractivity contribution in [1.29, 1.82) is 0 Å². The fourth-order valence-electron chi connectivity index (χ4n) is 4.78. The molecule has 166 valence electrons. The Morgan fingerprint density at radius 3 is 2.41 bits per heavy atom. The number of nitrogens with one attached hydrogen (secondary N) is 2. The number of aromatic amines is 1. The van der Waals surface area contributed by atoms with Crippen molar-refractivity contribution in [3.05, 3.63) is 70.4 Å². The summed E-state index contributed by atoms with van der Waals surface area (Å²) in [6.07, 6.45) is -0.865. The van der Waals surface area contributed by atoms with Crippen molar-refractivity contribution in [3.8, 4) is 0 Å². The summed E-state index contributed by atoms with van der Waals surface area (Å²) in [5.74, 6) is -0.935. The van der Waals surface area contributed by atoms with Crippen LogP contribution in [0.15, 0.2) is 48.5 Å². The van der Waals surface area contributed by atoms with Crippen molar-refractivity contribution in [2.45, 2.75) is 31.1 Å². The molecule has 5 rings (SSSR count). The summed E-state index contributed by atoms with van der Waals surface area (Å²) in [6, 6.07) is 14.6. The van der Waals surface area contributed by atoms with E-state index in [0.29, 0.717) is 23.6 Å². The zero-order chi connectivity index (χ0) is 22.4. The van der Waals surface area contributed by atoms with Crippen LogP contribution in [-0.2, 0) is 17.6 Å². The first-order valence-corrected chi connectivity index (χ1v) is 11.1. The molecule has 0 bridgehead atoms. The lowest BCUT2D eigenvalue weighted by atomic mass is 9.79. The fraction of sp³-hybridized carbons (Fsp3) is 0.333. The molecule has 4 N–H and O–H groups in total. The lowest BCUT2D eigenvalue weighted by Gasteiger charge is -2.35. The Morgan fingerprint density at radius 2 is 1.69 bits per heavy atom. The second kappa shape index (κ2) is 8.24. The first kappa shape index (κ1) is 21.0. The molecule has 0 saturated carbocycles. The number of nitrogens with zero attached hydrogens (tertiary/aromatic N) is 1. The monoisotopic (exact) mass is 453 g/mol. The number of amides is 2. The average Bonchev–Trinajstić information content (AvgIpc) is 3.35. The molecular weight excluding hydrogens is 430 g/mol. The number of likely N-dealkylation sites (tertiary alicyclic amines) is 1. The van der Waals surface area contributed by atoms with Gasteiger partial charge < -0.3 is 25.4 Å². The highest BCUT2D eigenvalue weighted by atomic mass is 35.5. The van der Waals surface area contributed by atoms with Gasteiger partial charge >= 0.3 is 0 Å². The molecule has 1 aliphatic carbocycles. The smallest absolute Gasteiger partial charge is 0.267 e. The van der Waals surface area contributed by atoms with E-state index >= 15 is 0 Å². The maximum absolute atomic E-state index is 13.3. The highest BCUT2D eigenvalue weighted by Crippen LogP contribution is 2.29. The summed E-state index contributed by atoms with van der Waals surface area (Å²) in [5.41, 5.74) is 3.39. The number of fused-ring (bicyclic) bond motifs is 2. The number of β-amino-alcohol motifs (C(OH)–C–C–N with tert-alkyl or cyclic N) is 2. The lowest BCUT2D eigenvalue weighted by molar-refractivity contribution is -0.136. The number of benzene rings is 2. The molecule has 3 aromatic rings. The van der Waals surface area contributed by atoms with E-state index in [2.05, 4.69) is 10.3 Å². The van der Waals surface area contributed by atoms with E-state index < -0.39 is 24.2 Å². The van der Waals surface area contributed by atoms with Gasteiger partial charge in [0, 0.05) is 35.1 Å². The molecule has 0 spiro atoms. The van der Waals surface area contributed by atoms with Crippen LogP contribution in [0.1, 0.15) is 21.6 Å². The Balaban J connectivity index is 1.41. The molecule has 32 heavy (non-hydrogen) atoms. The molecular formula is C24H24ClN3O4. The third-order valence-corrected chi connectivity index (χ3v) is 6.75. The van der Waals surface area contributed by atoms with E-state index in [1.54, 1.807) is 18.2 Å². The number of halogens is 1. The van der Waals surface area contributed by atoms with E-state index in [1.165, 1.54) is 4.90 Å². The van der Waals surface area contributed by atoms with E-state index in [-0.39, 0.29) is 24.9 Å². The van der Waals surface area contributed by atoms with Crippen LogP contribution in [0.5, 0.6) is 0 Å². The van der Waals surface area contributed by atoms with Gasteiger partial charge in [-0.1, -0.05) is 35.9 Å². The summed E-state index contributed by atoms with van der Waals surface area (Å²) in [6.45, 7) is 0.198. The highest BCUT2D eigenvalue weighted by molar-refractivity contribution is 6.31. The largest absolute Gasteiger partial charge is 0.388 e. The van der Waals surface area contributed by atoms with E-state index in [1.807, 2.05) is 30.3 Å². The Morgan fingerprint density at radius 1 is 1.00 bits per heavy atom. The zero-order valence-corrected chi connectivity index (χ0v) is 18.0. The summed E-state index contributed by atoms with van der Waals surface area (Å²) in [7, 11) is 0. The number of carbonyl (C=O) groups is 2. The van der Waals surface area contributed by atoms with Gasteiger partial charge in [0.25, 0.3) is 5.91 Å². The third-order valence-electron chi connectivity index (χ3n) is 6.52. The van der Waals surface area contributed by atoms with Gasteiger partial charge in [-0.3, -0.25) is 9.59 Å². The van der Waals surface area contributed by atoms with Crippen molar-refractivity contribution in [2.24, 2.45) is 5.92 Å². The van der Waals surface area contributed by atoms with E-state index in [9.17, 15) is 19.8 Å². The molecule has 2 aromatic carbocycles. The maximum atomic E-state index is 13.3. The van der Waals surface area contributed by atoms with Crippen LogP contribution in [0.2, 0.25) is 5.02 Å². The maximum Gasteiger partial charge on any atom is 0.267 e. The average molecular weight is 454 g/mol. The predicted octanol–water partition coefficient (Wildman–Crippen LogP) is 1.90. The van der Waals surface area contributed by atoms with Crippen LogP contribution in [-0.4, -0.2) is 63.3 Å². The van der Waals surface area contributed by atoms with Gasteiger partial charge in [-0.2, -0.15) is 0 Å². The molecule has 1 saturated heterocycles. The Bertz CT molecular complexity index is 1180. The van der Waals surface area contributed by atoms with Crippen LogP contribution in [0, 0.1) is 5.92 Å². The molecule has 1 aliphatic heterocycles. The van der Waals surface area contributed by atoms with Crippen LogP contribution in [0.3, 0.4) is 0 Å². The molecule has 1 fully saturated rings. The van der Waals surface area contributed by atoms with Gasteiger partial charge in [0.15, 0.2) is 0 Å². The highest BCUT2D eigenvalue weighted by Gasteiger charge is 2.41. The van der Waals surface area contributed by atoms with Crippen LogP contribution >= 0.6 is 11.6 Å². The summed E-state index contributed by atoms with van der Waals surface area (Å²) in [4.78, 5) is 31.0. The van der Waals surface area contributed by atoms with Crippen LogP contribution in [0.25, 0.3) is 10.9 Å². The van der Waals surface area contributed by atoms with Gasteiger partial charge in [0.1, 0.15) is 5.69 Å². The molecule has 7 nitrogen and oxygen atoms in total. The molecule has 1 unspecified atom stereocenters.